The zero-order chi connectivity index (χ0) is 14.1. The number of carbonyl (C=O) groups is 1. The van der Waals surface area contributed by atoms with E-state index in [0.29, 0.717) is 5.56 Å². The van der Waals surface area contributed by atoms with Crippen LogP contribution in [0.15, 0.2) is 40.9 Å². The van der Waals surface area contributed by atoms with E-state index in [0.717, 1.165) is 28.3 Å². The third kappa shape index (κ3) is 2.72. The van der Waals surface area contributed by atoms with Crippen LogP contribution < -0.4 is 5.32 Å². The van der Waals surface area contributed by atoms with Crippen molar-refractivity contribution in [3.05, 3.63) is 46.4 Å². The van der Waals surface area contributed by atoms with Crippen molar-refractivity contribution in [2.24, 2.45) is 0 Å². The molecule has 20 heavy (non-hydrogen) atoms. The van der Waals surface area contributed by atoms with Crippen molar-refractivity contribution in [3.8, 4) is 0 Å². The largest absolute Gasteiger partial charge is 0.376 e. The van der Waals surface area contributed by atoms with E-state index in [2.05, 4.69) is 21.2 Å². The smallest absolute Gasteiger partial charge is 0.251 e. The number of amides is 1. The Morgan fingerprint density at radius 3 is 2.75 bits per heavy atom. The zero-order valence-corrected chi connectivity index (χ0v) is 12.8. The highest BCUT2D eigenvalue weighted by Crippen LogP contribution is 2.21. The fourth-order valence-corrected chi connectivity index (χ4v) is 2.91. The van der Waals surface area contributed by atoms with Gasteiger partial charge in [-0.1, -0.05) is 28.1 Å². The summed E-state index contributed by atoms with van der Waals surface area (Å²) in [4.78, 5) is 12.3. The summed E-state index contributed by atoms with van der Waals surface area (Å²) in [5.74, 6) is -0.0304. The van der Waals surface area contributed by atoms with E-state index >= 15 is 0 Å². The van der Waals surface area contributed by atoms with Crippen molar-refractivity contribution in [3.63, 3.8) is 0 Å². The van der Waals surface area contributed by atoms with Crippen LogP contribution in [0.25, 0.3) is 10.8 Å². The molecule has 0 aromatic heterocycles. The van der Waals surface area contributed by atoms with Crippen LogP contribution in [-0.2, 0) is 4.74 Å². The second-order valence-electron chi connectivity index (χ2n) is 5.15. The van der Waals surface area contributed by atoms with Gasteiger partial charge in [0.25, 0.3) is 5.91 Å². The highest BCUT2D eigenvalue weighted by atomic mass is 79.9. The van der Waals surface area contributed by atoms with Crippen molar-refractivity contribution in [1.29, 1.82) is 0 Å². The number of hydrogen-bond acceptors (Lipinski definition) is 2. The van der Waals surface area contributed by atoms with E-state index in [1.165, 1.54) is 0 Å². The Morgan fingerprint density at radius 1 is 1.25 bits per heavy atom. The second-order valence-corrected chi connectivity index (χ2v) is 6.07. The number of halogens is 1. The van der Waals surface area contributed by atoms with Crippen LogP contribution in [0.4, 0.5) is 0 Å². The molecule has 2 unspecified atom stereocenters. The van der Waals surface area contributed by atoms with Gasteiger partial charge in [0.05, 0.1) is 12.1 Å². The Hall–Kier alpha value is -1.39. The van der Waals surface area contributed by atoms with Crippen LogP contribution >= 0.6 is 15.9 Å². The first-order chi connectivity index (χ1) is 9.63. The Morgan fingerprint density at radius 2 is 2.00 bits per heavy atom. The SMILES string of the molecule is CC1OCCC1NC(=O)c1ccc2cc(Br)ccc2c1. The van der Waals surface area contributed by atoms with Crippen LogP contribution in [-0.4, -0.2) is 24.7 Å². The Kier molecular flexibility index (Phi) is 3.76. The number of benzene rings is 2. The molecule has 1 N–H and O–H groups in total. The summed E-state index contributed by atoms with van der Waals surface area (Å²) in [6.45, 7) is 2.72. The first kappa shape index (κ1) is 13.6. The third-order valence-electron chi connectivity index (χ3n) is 3.76. The van der Waals surface area contributed by atoms with E-state index in [4.69, 9.17) is 4.74 Å². The molecule has 2 aromatic rings. The van der Waals surface area contributed by atoms with Gasteiger partial charge in [-0.3, -0.25) is 4.79 Å². The van der Waals surface area contributed by atoms with Gasteiger partial charge in [0, 0.05) is 16.6 Å². The number of nitrogens with one attached hydrogen (secondary N) is 1. The number of ether oxygens (including phenoxy) is 1. The molecule has 2 aromatic carbocycles. The summed E-state index contributed by atoms with van der Waals surface area (Å²) < 4.78 is 6.51. The lowest BCUT2D eigenvalue weighted by atomic mass is 10.1. The Labute approximate surface area is 126 Å². The second kappa shape index (κ2) is 5.54. The number of rotatable bonds is 2. The molecule has 1 saturated heterocycles. The summed E-state index contributed by atoms with van der Waals surface area (Å²) >= 11 is 3.45. The fraction of sp³-hybridized carbons (Fsp3) is 0.312. The molecular weight excluding hydrogens is 318 g/mol. The summed E-state index contributed by atoms with van der Waals surface area (Å²) in [5.41, 5.74) is 0.693. The molecule has 0 spiro atoms. The minimum absolute atomic E-state index is 0.0304. The highest BCUT2D eigenvalue weighted by molar-refractivity contribution is 9.10. The molecule has 4 heteroatoms. The minimum Gasteiger partial charge on any atom is -0.376 e. The average molecular weight is 334 g/mol. The van der Waals surface area contributed by atoms with E-state index in [1.54, 1.807) is 0 Å². The molecule has 3 nitrogen and oxygen atoms in total. The molecular formula is C16H16BrNO2. The lowest BCUT2D eigenvalue weighted by Crippen LogP contribution is -2.39. The van der Waals surface area contributed by atoms with Crippen molar-refractivity contribution < 1.29 is 9.53 Å². The number of hydrogen-bond donors (Lipinski definition) is 1. The summed E-state index contributed by atoms with van der Waals surface area (Å²) in [6, 6.07) is 11.9. The van der Waals surface area contributed by atoms with Gasteiger partial charge in [0.2, 0.25) is 0 Å². The Bertz CT molecular complexity index is 656. The molecule has 1 fully saturated rings. The molecule has 104 valence electrons. The topological polar surface area (TPSA) is 38.3 Å². The average Bonchev–Trinajstić information content (AvgIpc) is 2.83. The van der Waals surface area contributed by atoms with Crippen LogP contribution in [0.5, 0.6) is 0 Å². The predicted octanol–water partition coefficient (Wildman–Crippen LogP) is 3.51. The van der Waals surface area contributed by atoms with Gasteiger partial charge in [-0.25, -0.2) is 0 Å². The minimum atomic E-state index is -0.0304. The molecule has 3 rings (SSSR count). The lowest BCUT2D eigenvalue weighted by molar-refractivity contribution is 0.0866. The van der Waals surface area contributed by atoms with Gasteiger partial charge in [-0.15, -0.1) is 0 Å². The molecule has 1 heterocycles. The molecule has 0 saturated carbocycles. The summed E-state index contributed by atoms with van der Waals surface area (Å²) in [5, 5.41) is 5.23. The van der Waals surface area contributed by atoms with Crippen molar-refractivity contribution in [1.82, 2.24) is 5.32 Å². The fourth-order valence-electron chi connectivity index (χ4n) is 2.53. The van der Waals surface area contributed by atoms with Gasteiger partial charge < -0.3 is 10.1 Å². The molecule has 1 aliphatic rings. The number of carbonyl (C=O) groups excluding carboxylic acids is 1. The standard InChI is InChI=1S/C16H16BrNO2/c1-10-15(6-7-20-10)18-16(19)13-3-2-12-9-14(17)5-4-11(12)8-13/h2-5,8-10,15H,6-7H2,1H3,(H,18,19). The highest BCUT2D eigenvalue weighted by Gasteiger charge is 2.25. The molecule has 0 bridgehead atoms. The maximum Gasteiger partial charge on any atom is 0.251 e. The van der Waals surface area contributed by atoms with E-state index < -0.39 is 0 Å². The lowest BCUT2D eigenvalue weighted by Gasteiger charge is -2.16. The molecule has 2 atom stereocenters. The van der Waals surface area contributed by atoms with Gasteiger partial charge in [-0.2, -0.15) is 0 Å². The van der Waals surface area contributed by atoms with Crippen LogP contribution in [0.3, 0.4) is 0 Å². The van der Waals surface area contributed by atoms with Crippen LogP contribution in [0, 0.1) is 0 Å². The summed E-state index contributed by atoms with van der Waals surface area (Å²) in [6.07, 6.45) is 0.975. The molecule has 1 amide bonds. The maximum absolute atomic E-state index is 12.3. The molecule has 0 radical (unpaired) electrons. The van der Waals surface area contributed by atoms with Gasteiger partial charge in [0.1, 0.15) is 0 Å². The normalized spacial score (nSPS) is 22.1. The number of fused-ring (bicyclic) bond motifs is 1. The van der Waals surface area contributed by atoms with E-state index in [1.807, 2.05) is 43.3 Å². The third-order valence-corrected chi connectivity index (χ3v) is 4.25. The van der Waals surface area contributed by atoms with E-state index in [-0.39, 0.29) is 18.1 Å². The monoisotopic (exact) mass is 333 g/mol. The first-order valence-electron chi connectivity index (χ1n) is 6.75. The van der Waals surface area contributed by atoms with Gasteiger partial charge in [0.15, 0.2) is 0 Å². The quantitative estimate of drug-likeness (QED) is 0.913. The first-order valence-corrected chi connectivity index (χ1v) is 7.54. The van der Waals surface area contributed by atoms with Gasteiger partial charge >= 0.3 is 0 Å². The Balaban J connectivity index is 1.82. The van der Waals surface area contributed by atoms with Gasteiger partial charge in [-0.05, 0) is 48.4 Å². The van der Waals surface area contributed by atoms with Crippen molar-refractivity contribution >= 4 is 32.6 Å². The van der Waals surface area contributed by atoms with E-state index in [9.17, 15) is 4.79 Å². The van der Waals surface area contributed by atoms with Crippen molar-refractivity contribution in [2.45, 2.75) is 25.5 Å². The summed E-state index contributed by atoms with van der Waals surface area (Å²) in [7, 11) is 0. The molecule has 1 aliphatic heterocycles. The zero-order valence-electron chi connectivity index (χ0n) is 11.2. The molecule has 0 aliphatic carbocycles. The predicted molar refractivity (Wildman–Crippen MR) is 82.9 cm³/mol. The van der Waals surface area contributed by atoms with Crippen molar-refractivity contribution in [2.75, 3.05) is 6.61 Å². The van der Waals surface area contributed by atoms with Crippen LogP contribution in [0.2, 0.25) is 0 Å². The van der Waals surface area contributed by atoms with Crippen LogP contribution in [0.1, 0.15) is 23.7 Å². The maximum atomic E-state index is 12.3.